The minimum Gasteiger partial charge on any atom is -0.480 e. The smallest absolute Gasteiger partial charge is 0.326 e. The van der Waals surface area contributed by atoms with Crippen molar-refractivity contribution in [3.8, 4) is 0 Å². The normalized spacial score (nSPS) is 12.6. The van der Waals surface area contributed by atoms with E-state index in [4.69, 9.17) is 5.11 Å². The molecule has 0 saturated heterocycles. The van der Waals surface area contributed by atoms with Crippen molar-refractivity contribution in [1.29, 1.82) is 0 Å². The predicted molar refractivity (Wildman–Crippen MR) is 66.9 cm³/mol. The molecule has 0 heterocycles. The lowest BCUT2D eigenvalue weighted by Crippen LogP contribution is -2.49. The highest BCUT2D eigenvalue weighted by molar-refractivity contribution is 5.82. The molecule has 0 aliphatic rings. The van der Waals surface area contributed by atoms with E-state index in [-0.39, 0.29) is 5.92 Å². The summed E-state index contributed by atoms with van der Waals surface area (Å²) in [7, 11) is 0. The van der Waals surface area contributed by atoms with E-state index in [0.717, 1.165) is 12.8 Å². The van der Waals surface area contributed by atoms with Crippen LogP contribution in [0, 0.1) is 11.8 Å². The molecular formula is C12H24N2O3. The molecule has 17 heavy (non-hydrogen) atoms. The summed E-state index contributed by atoms with van der Waals surface area (Å²) in [4.78, 5) is 22.4. The van der Waals surface area contributed by atoms with Crippen molar-refractivity contribution in [3.05, 3.63) is 0 Å². The van der Waals surface area contributed by atoms with Gasteiger partial charge in [-0.2, -0.15) is 0 Å². The van der Waals surface area contributed by atoms with E-state index in [1.54, 1.807) is 13.8 Å². The molecule has 0 aliphatic carbocycles. The number of hydrogen-bond acceptors (Lipinski definition) is 2. The standard InChI is InChI=1S/C12H24N2O3/c1-5-9(6-2)7-13-12(17)14-10(8(3)4)11(15)16/h8-10H,5-7H2,1-4H3,(H,15,16)(H2,13,14,17)/t10-/m0/s1. The van der Waals surface area contributed by atoms with Gasteiger partial charge in [0.25, 0.3) is 0 Å². The SMILES string of the molecule is CCC(CC)CNC(=O)N[C@H](C(=O)O)C(C)C. The van der Waals surface area contributed by atoms with Crippen LogP contribution in [0.3, 0.4) is 0 Å². The third-order valence-electron chi connectivity index (χ3n) is 2.93. The third kappa shape index (κ3) is 6.14. The molecule has 2 amide bonds. The molecule has 0 aromatic heterocycles. The van der Waals surface area contributed by atoms with Gasteiger partial charge >= 0.3 is 12.0 Å². The van der Waals surface area contributed by atoms with Crippen LogP contribution >= 0.6 is 0 Å². The van der Waals surface area contributed by atoms with Crippen LogP contribution in [0.5, 0.6) is 0 Å². The van der Waals surface area contributed by atoms with Crippen molar-refractivity contribution in [1.82, 2.24) is 10.6 Å². The molecule has 0 aromatic rings. The lowest BCUT2D eigenvalue weighted by molar-refractivity contribution is -0.140. The Hall–Kier alpha value is -1.26. The van der Waals surface area contributed by atoms with Crippen LogP contribution in [-0.4, -0.2) is 29.7 Å². The lowest BCUT2D eigenvalue weighted by atomic mass is 10.0. The minimum absolute atomic E-state index is 0.133. The molecular weight excluding hydrogens is 220 g/mol. The third-order valence-corrected chi connectivity index (χ3v) is 2.93. The Morgan fingerprint density at radius 1 is 1.18 bits per heavy atom. The lowest BCUT2D eigenvalue weighted by Gasteiger charge is -2.19. The number of carbonyl (C=O) groups excluding carboxylic acids is 1. The zero-order valence-corrected chi connectivity index (χ0v) is 11.1. The van der Waals surface area contributed by atoms with Gasteiger partial charge in [0.05, 0.1) is 0 Å². The molecule has 5 heteroatoms. The Bertz CT molecular complexity index is 250. The number of urea groups is 1. The summed E-state index contributed by atoms with van der Waals surface area (Å²) in [5.74, 6) is -0.688. The summed E-state index contributed by atoms with van der Waals surface area (Å²) in [6.45, 7) is 8.26. The first-order chi connectivity index (χ1) is 7.92. The molecule has 1 atom stereocenters. The second-order valence-electron chi connectivity index (χ2n) is 4.60. The molecule has 5 nitrogen and oxygen atoms in total. The number of carboxylic acid groups (broad SMARTS) is 1. The Morgan fingerprint density at radius 3 is 2.06 bits per heavy atom. The van der Waals surface area contributed by atoms with Gasteiger partial charge in [-0.3, -0.25) is 0 Å². The largest absolute Gasteiger partial charge is 0.480 e. The van der Waals surface area contributed by atoms with Gasteiger partial charge in [0, 0.05) is 6.54 Å². The van der Waals surface area contributed by atoms with Crippen molar-refractivity contribution < 1.29 is 14.7 Å². The van der Waals surface area contributed by atoms with Gasteiger partial charge in [-0.15, -0.1) is 0 Å². The van der Waals surface area contributed by atoms with Gasteiger partial charge in [0.15, 0.2) is 0 Å². The van der Waals surface area contributed by atoms with Gasteiger partial charge in [-0.25, -0.2) is 9.59 Å². The van der Waals surface area contributed by atoms with E-state index in [2.05, 4.69) is 24.5 Å². The molecule has 0 unspecified atom stereocenters. The first-order valence-electron chi connectivity index (χ1n) is 6.19. The van der Waals surface area contributed by atoms with Crippen LogP contribution < -0.4 is 10.6 Å². The van der Waals surface area contributed by atoms with Gasteiger partial charge < -0.3 is 15.7 Å². The van der Waals surface area contributed by atoms with Crippen LogP contribution in [-0.2, 0) is 4.79 Å². The monoisotopic (exact) mass is 244 g/mol. The van der Waals surface area contributed by atoms with Crippen molar-refractivity contribution in [3.63, 3.8) is 0 Å². The highest BCUT2D eigenvalue weighted by Gasteiger charge is 2.23. The summed E-state index contributed by atoms with van der Waals surface area (Å²) in [5, 5.41) is 14.1. The average Bonchev–Trinajstić information content (AvgIpc) is 2.26. The first kappa shape index (κ1) is 15.7. The Balaban J connectivity index is 4.11. The Morgan fingerprint density at radius 2 is 1.71 bits per heavy atom. The number of rotatable bonds is 7. The Labute approximate surface area is 103 Å². The van der Waals surface area contributed by atoms with Crippen LogP contribution in [0.4, 0.5) is 4.79 Å². The summed E-state index contributed by atoms with van der Waals surface area (Å²) < 4.78 is 0. The molecule has 0 fully saturated rings. The fourth-order valence-electron chi connectivity index (χ4n) is 1.52. The maximum absolute atomic E-state index is 11.5. The summed E-state index contributed by atoms with van der Waals surface area (Å²) in [6, 6.07) is -1.24. The number of amides is 2. The second-order valence-corrected chi connectivity index (χ2v) is 4.60. The molecule has 0 spiro atoms. The number of nitrogens with one attached hydrogen (secondary N) is 2. The fraction of sp³-hybridized carbons (Fsp3) is 0.833. The number of aliphatic carboxylic acids is 1. The van der Waals surface area contributed by atoms with E-state index in [9.17, 15) is 9.59 Å². The quantitative estimate of drug-likeness (QED) is 0.639. The number of hydrogen-bond donors (Lipinski definition) is 3. The maximum atomic E-state index is 11.5. The topological polar surface area (TPSA) is 78.4 Å². The van der Waals surface area contributed by atoms with Gasteiger partial charge in [0.1, 0.15) is 6.04 Å². The molecule has 0 aliphatic heterocycles. The highest BCUT2D eigenvalue weighted by atomic mass is 16.4. The van der Waals surface area contributed by atoms with Gasteiger partial charge in [-0.05, 0) is 11.8 Å². The van der Waals surface area contributed by atoms with E-state index in [1.165, 1.54) is 0 Å². The van der Waals surface area contributed by atoms with Gasteiger partial charge in [0.2, 0.25) is 0 Å². The van der Waals surface area contributed by atoms with E-state index < -0.39 is 18.0 Å². The number of carbonyl (C=O) groups is 2. The molecule has 100 valence electrons. The van der Waals surface area contributed by atoms with Crippen molar-refractivity contribution in [2.75, 3.05) is 6.54 Å². The van der Waals surface area contributed by atoms with Gasteiger partial charge in [-0.1, -0.05) is 40.5 Å². The van der Waals surface area contributed by atoms with Crippen molar-refractivity contribution in [2.24, 2.45) is 11.8 Å². The predicted octanol–water partition coefficient (Wildman–Crippen LogP) is 1.83. The molecule has 3 N–H and O–H groups in total. The highest BCUT2D eigenvalue weighted by Crippen LogP contribution is 2.05. The zero-order valence-electron chi connectivity index (χ0n) is 11.1. The zero-order chi connectivity index (χ0) is 13.4. The summed E-state index contributed by atoms with van der Waals surface area (Å²) in [6.07, 6.45) is 2.01. The summed E-state index contributed by atoms with van der Waals surface area (Å²) in [5.41, 5.74) is 0. The number of carboxylic acids is 1. The van der Waals surface area contributed by atoms with Crippen LogP contribution in [0.1, 0.15) is 40.5 Å². The van der Waals surface area contributed by atoms with Crippen molar-refractivity contribution >= 4 is 12.0 Å². The van der Waals surface area contributed by atoms with Crippen LogP contribution in [0.15, 0.2) is 0 Å². The first-order valence-corrected chi connectivity index (χ1v) is 6.19. The Kier molecular flexibility index (Phi) is 7.34. The minimum atomic E-state index is -1.00. The van der Waals surface area contributed by atoms with E-state index in [0.29, 0.717) is 12.5 Å². The van der Waals surface area contributed by atoms with E-state index in [1.807, 2.05) is 0 Å². The van der Waals surface area contributed by atoms with Crippen LogP contribution in [0.2, 0.25) is 0 Å². The maximum Gasteiger partial charge on any atom is 0.326 e. The molecule has 0 bridgehead atoms. The molecule has 0 radical (unpaired) electrons. The average molecular weight is 244 g/mol. The molecule has 0 rings (SSSR count). The van der Waals surface area contributed by atoms with Crippen molar-refractivity contribution in [2.45, 2.75) is 46.6 Å². The molecule has 0 saturated carbocycles. The van der Waals surface area contributed by atoms with Crippen LogP contribution in [0.25, 0.3) is 0 Å². The molecule has 0 aromatic carbocycles. The second kappa shape index (κ2) is 7.92. The van der Waals surface area contributed by atoms with E-state index >= 15 is 0 Å². The fourth-order valence-corrected chi connectivity index (χ4v) is 1.52. The summed E-state index contributed by atoms with van der Waals surface area (Å²) >= 11 is 0.